The van der Waals surface area contributed by atoms with Crippen molar-refractivity contribution in [3.63, 3.8) is 0 Å². The molecule has 8 heteroatoms. The van der Waals surface area contributed by atoms with Gasteiger partial charge < -0.3 is 19.2 Å². The Morgan fingerprint density at radius 1 is 1.41 bits per heavy atom. The van der Waals surface area contributed by atoms with E-state index in [9.17, 15) is 4.39 Å². The third-order valence-electron chi connectivity index (χ3n) is 5.74. The van der Waals surface area contributed by atoms with E-state index < -0.39 is 0 Å². The number of aliphatic imine (C=N–C) groups is 1. The number of hydrogen-bond donors (Lipinski definition) is 1. The second-order valence-electron chi connectivity index (χ2n) is 7.48. The van der Waals surface area contributed by atoms with Crippen LogP contribution in [0.5, 0.6) is 0 Å². The molecule has 1 aliphatic rings. The minimum Gasteiger partial charge on any atom is -0.459 e. The SMILES string of the molecule is CN=C(NCc1oc2ccc(F)cc2c1C)N1CCC(C)C(n2ccnc2)C1.I. The predicted octanol–water partition coefficient (Wildman–Crippen LogP) is 4.35. The maximum Gasteiger partial charge on any atom is 0.194 e. The Kier molecular flexibility index (Phi) is 6.81. The number of guanidine groups is 1. The molecule has 29 heavy (non-hydrogen) atoms. The van der Waals surface area contributed by atoms with Crippen molar-refractivity contribution in [3.8, 4) is 0 Å². The number of furan rings is 1. The quantitative estimate of drug-likeness (QED) is 0.323. The number of nitrogens with one attached hydrogen (secondary N) is 1. The summed E-state index contributed by atoms with van der Waals surface area (Å²) in [5.41, 5.74) is 1.67. The van der Waals surface area contributed by atoms with Gasteiger partial charge in [0.15, 0.2) is 5.96 Å². The first-order chi connectivity index (χ1) is 13.6. The van der Waals surface area contributed by atoms with Crippen LogP contribution in [0.15, 0.2) is 46.3 Å². The van der Waals surface area contributed by atoms with Gasteiger partial charge in [-0.25, -0.2) is 9.37 Å². The van der Waals surface area contributed by atoms with Gasteiger partial charge in [-0.3, -0.25) is 4.99 Å². The molecule has 1 aliphatic heterocycles. The molecule has 3 aromatic rings. The van der Waals surface area contributed by atoms with Crippen molar-refractivity contribution in [1.82, 2.24) is 19.8 Å². The van der Waals surface area contributed by atoms with Crippen LogP contribution in [-0.4, -0.2) is 40.5 Å². The second-order valence-corrected chi connectivity index (χ2v) is 7.48. The first-order valence-corrected chi connectivity index (χ1v) is 9.67. The highest BCUT2D eigenvalue weighted by molar-refractivity contribution is 14.0. The van der Waals surface area contributed by atoms with Crippen LogP contribution >= 0.6 is 24.0 Å². The van der Waals surface area contributed by atoms with Gasteiger partial charge in [-0.1, -0.05) is 6.92 Å². The van der Waals surface area contributed by atoms with Crippen molar-refractivity contribution in [2.45, 2.75) is 32.9 Å². The Morgan fingerprint density at radius 2 is 2.24 bits per heavy atom. The van der Waals surface area contributed by atoms with Crippen molar-refractivity contribution >= 4 is 40.9 Å². The highest BCUT2D eigenvalue weighted by Crippen LogP contribution is 2.28. The third kappa shape index (κ3) is 4.41. The largest absolute Gasteiger partial charge is 0.459 e. The Labute approximate surface area is 187 Å². The molecule has 0 amide bonds. The molecule has 4 rings (SSSR count). The number of piperidine rings is 1. The topological polar surface area (TPSA) is 58.6 Å². The van der Waals surface area contributed by atoms with Crippen molar-refractivity contribution < 1.29 is 8.81 Å². The molecule has 0 saturated carbocycles. The normalized spacial score (nSPS) is 20.0. The number of likely N-dealkylation sites (tertiary alicyclic amines) is 1. The lowest BCUT2D eigenvalue weighted by atomic mass is 9.93. The molecule has 0 spiro atoms. The van der Waals surface area contributed by atoms with Crippen LogP contribution in [0.1, 0.15) is 30.7 Å². The second kappa shape index (κ2) is 9.15. The lowest BCUT2D eigenvalue weighted by molar-refractivity contribution is 0.188. The highest BCUT2D eigenvalue weighted by Gasteiger charge is 2.29. The zero-order valence-electron chi connectivity index (χ0n) is 16.9. The first-order valence-electron chi connectivity index (χ1n) is 9.67. The zero-order valence-corrected chi connectivity index (χ0v) is 19.3. The van der Waals surface area contributed by atoms with E-state index in [1.54, 1.807) is 13.1 Å². The first kappa shape index (κ1) is 21.6. The molecule has 6 nitrogen and oxygen atoms in total. The molecule has 3 heterocycles. The van der Waals surface area contributed by atoms with Crippen LogP contribution in [0.25, 0.3) is 11.0 Å². The summed E-state index contributed by atoms with van der Waals surface area (Å²) in [5.74, 6) is 1.98. The predicted molar refractivity (Wildman–Crippen MR) is 123 cm³/mol. The van der Waals surface area contributed by atoms with E-state index in [0.29, 0.717) is 24.1 Å². The Morgan fingerprint density at radius 3 is 2.97 bits per heavy atom. The van der Waals surface area contributed by atoms with Crippen LogP contribution in [0.3, 0.4) is 0 Å². The van der Waals surface area contributed by atoms with Gasteiger partial charge in [0.05, 0.1) is 18.9 Å². The van der Waals surface area contributed by atoms with Crippen molar-refractivity contribution in [1.29, 1.82) is 0 Å². The number of aryl methyl sites for hydroxylation is 1. The molecule has 0 bridgehead atoms. The summed E-state index contributed by atoms with van der Waals surface area (Å²) in [4.78, 5) is 10.9. The molecule has 2 aromatic heterocycles. The zero-order chi connectivity index (χ0) is 19.7. The lowest BCUT2D eigenvalue weighted by Crippen LogP contribution is -2.48. The number of nitrogens with zero attached hydrogens (tertiary/aromatic N) is 4. The molecule has 2 unspecified atom stereocenters. The molecule has 1 saturated heterocycles. The van der Waals surface area contributed by atoms with Gasteiger partial charge in [-0.15, -0.1) is 24.0 Å². The number of rotatable bonds is 3. The number of imidazole rings is 1. The summed E-state index contributed by atoms with van der Waals surface area (Å²) < 4.78 is 21.6. The highest BCUT2D eigenvalue weighted by atomic mass is 127. The monoisotopic (exact) mass is 511 g/mol. The fraction of sp³-hybridized carbons (Fsp3) is 0.429. The van der Waals surface area contributed by atoms with Gasteiger partial charge in [0.25, 0.3) is 0 Å². The van der Waals surface area contributed by atoms with E-state index >= 15 is 0 Å². The summed E-state index contributed by atoms with van der Waals surface area (Å²) in [6.07, 6.45) is 6.83. The van der Waals surface area contributed by atoms with Gasteiger partial charge in [0.1, 0.15) is 17.2 Å². The lowest BCUT2D eigenvalue weighted by Gasteiger charge is -2.39. The van der Waals surface area contributed by atoms with Crippen LogP contribution in [0, 0.1) is 18.7 Å². The minimum atomic E-state index is -0.250. The number of fused-ring (bicyclic) bond motifs is 1. The van der Waals surface area contributed by atoms with E-state index in [4.69, 9.17) is 4.42 Å². The van der Waals surface area contributed by atoms with Crippen LogP contribution in [0.4, 0.5) is 4.39 Å². The van der Waals surface area contributed by atoms with E-state index in [2.05, 4.69) is 31.7 Å². The standard InChI is InChI=1S/C21H26FN5O.HI/c1-14-6-8-26(12-18(14)27-9-7-24-13-27)21(23-3)25-11-20-15(2)17-10-16(22)4-5-19(17)28-20;/h4-5,7,9-10,13-14,18H,6,8,11-12H2,1-3H3,(H,23,25);1H. The fourth-order valence-corrected chi connectivity index (χ4v) is 4.00. The van der Waals surface area contributed by atoms with Crippen LogP contribution in [0.2, 0.25) is 0 Å². The summed E-state index contributed by atoms with van der Waals surface area (Å²) in [5, 5.41) is 4.23. The van der Waals surface area contributed by atoms with Crippen molar-refractivity contribution in [2.24, 2.45) is 10.9 Å². The Balaban J connectivity index is 0.00000240. The number of aromatic nitrogens is 2. The minimum absolute atomic E-state index is 0. The summed E-state index contributed by atoms with van der Waals surface area (Å²) in [6, 6.07) is 4.99. The van der Waals surface area contributed by atoms with E-state index in [-0.39, 0.29) is 29.8 Å². The average molecular weight is 511 g/mol. The Hall–Kier alpha value is -2.10. The molecular weight excluding hydrogens is 484 g/mol. The van der Waals surface area contributed by atoms with E-state index in [0.717, 1.165) is 42.2 Å². The molecule has 1 N–H and O–H groups in total. The molecule has 2 atom stereocenters. The number of benzene rings is 1. The van der Waals surface area contributed by atoms with Gasteiger partial charge in [-0.2, -0.15) is 0 Å². The summed E-state index contributed by atoms with van der Waals surface area (Å²) in [7, 11) is 1.80. The van der Waals surface area contributed by atoms with Crippen molar-refractivity contribution in [2.75, 3.05) is 20.1 Å². The van der Waals surface area contributed by atoms with Crippen LogP contribution in [-0.2, 0) is 6.54 Å². The number of hydrogen-bond acceptors (Lipinski definition) is 3. The molecule has 0 radical (unpaired) electrons. The maximum atomic E-state index is 13.5. The van der Waals surface area contributed by atoms with Gasteiger partial charge in [-0.05, 0) is 37.5 Å². The molecule has 156 valence electrons. The molecule has 1 fully saturated rings. The van der Waals surface area contributed by atoms with Gasteiger partial charge in [0.2, 0.25) is 0 Å². The number of halogens is 2. The fourth-order valence-electron chi connectivity index (χ4n) is 4.00. The smallest absolute Gasteiger partial charge is 0.194 e. The molecular formula is C21H27FIN5O. The molecule has 1 aromatic carbocycles. The van der Waals surface area contributed by atoms with E-state index in [1.165, 1.54) is 12.1 Å². The third-order valence-corrected chi connectivity index (χ3v) is 5.74. The summed E-state index contributed by atoms with van der Waals surface area (Å²) in [6.45, 7) is 6.59. The summed E-state index contributed by atoms with van der Waals surface area (Å²) >= 11 is 0. The van der Waals surface area contributed by atoms with Crippen molar-refractivity contribution in [3.05, 3.63) is 54.1 Å². The van der Waals surface area contributed by atoms with Gasteiger partial charge in [0, 0.05) is 43.5 Å². The Bertz CT molecular complexity index is 985. The van der Waals surface area contributed by atoms with Crippen LogP contribution < -0.4 is 5.32 Å². The maximum absolute atomic E-state index is 13.5. The van der Waals surface area contributed by atoms with E-state index in [1.807, 2.05) is 25.6 Å². The average Bonchev–Trinajstić information content (AvgIpc) is 3.33. The molecule has 0 aliphatic carbocycles. The van der Waals surface area contributed by atoms with Gasteiger partial charge >= 0.3 is 0 Å².